The number of ether oxygens (including phenoxy) is 2. The molecule has 0 saturated carbocycles. The van der Waals surface area contributed by atoms with Crippen LogP contribution >= 0.6 is 23.5 Å². The Kier molecular flexibility index (Phi) is 7.19. The SMILES string of the molecule is CCC(C(=O)O)C1(CCc2cc(OC)c(O)c(OC)c2)SCCCS1. The second kappa shape index (κ2) is 8.94. The Morgan fingerprint density at radius 1 is 1.24 bits per heavy atom. The lowest BCUT2D eigenvalue weighted by molar-refractivity contribution is -0.142. The van der Waals surface area contributed by atoms with E-state index in [1.165, 1.54) is 14.2 Å². The molecule has 1 aliphatic heterocycles. The zero-order valence-corrected chi connectivity index (χ0v) is 16.5. The van der Waals surface area contributed by atoms with E-state index in [9.17, 15) is 15.0 Å². The van der Waals surface area contributed by atoms with Gasteiger partial charge >= 0.3 is 5.97 Å². The van der Waals surface area contributed by atoms with E-state index >= 15 is 0 Å². The predicted molar refractivity (Wildman–Crippen MR) is 103 cm³/mol. The molecular weight excluding hydrogens is 360 g/mol. The van der Waals surface area contributed by atoms with E-state index in [1.807, 2.05) is 6.92 Å². The number of aromatic hydroxyl groups is 1. The van der Waals surface area contributed by atoms with Crippen molar-refractivity contribution in [2.75, 3.05) is 25.7 Å². The van der Waals surface area contributed by atoms with Crippen LogP contribution in [0.2, 0.25) is 0 Å². The van der Waals surface area contributed by atoms with Gasteiger partial charge < -0.3 is 19.7 Å². The Balaban J connectivity index is 2.25. The Morgan fingerprint density at radius 2 is 1.80 bits per heavy atom. The molecule has 0 bridgehead atoms. The number of hydrogen-bond donors (Lipinski definition) is 2. The van der Waals surface area contributed by atoms with Gasteiger partial charge in [-0.05, 0) is 54.9 Å². The third kappa shape index (κ3) is 4.50. The number of aliphatic carboxylic acids is 1. The van der Waals surface area contributed by atoms with Crippen LogP contribution in [0.15, 0.2) is 12.1 Å². The number of phenolic OH excluding ortho intramolecular Hbond substituents is 1. The summed E-state index contributed by atoms with van der Waals surface area (Å²) in [5.41, 5.74) is 0.970. The first-order chi connectivity index (χ1) is 12.0. The summed E-state index contributed by atoms with van der Waals surface area (Å²) in [7, 11) is 3.01. The molecule has 1 unspecified atom stereocenters. The standard InChI is InChI=1S/C18H26O5S2/c1-4-13(17(20)21)18(24-8-5-9-25-18)7-6-12-10-14(22-2)16(19)15(11-12)23-3/h10-11,13,19H,4-9H2,1-3H3,(H,20,21). The van der Waals surface area contributed by atoms with Gasteiger partial charge in [0.05, 0.1) is 24.2 Å². The highest BCUT2D eigenvalue weighted by Gasteiger charge is 2.44. The van der Waals surface area contributed by atoms with E-state index in [-0.39, 0.29) is 15.7 Å². The van der Waals surface area contributed by atoms with Gasteiger partial charge in [0.15, 0.2) is 11.5 Å². The normalized spacial score (nSPS) is 17.7. The molecule has 1 fully saturated rings. The van der Waals surface area contributed by atoms with Crippen molar-refractivity contribution in [1.29, 1.82) is 0 Å². The van der Waals surface area contributed by atoms with Gasteiger partial charge in [-0.15, -0.1) is 23.5 Å². The summed E-state index contributed by atoms with van der Waals surface area (Å²) in [5, 5.41) is 19.7. The van der Waals surface area contributed by atoms with Crippen molar-refractivity contribution in [3.8, 4) is 17.2 Å². The van der Waals surface area contributed by atoms with Crippen molar-refractivity contribution >= 4 is 29.5 Å². The minimum atomic E-state index is -0.717. The number of phenols is 1. The average molecular weight is 387 g/mol. The van der Waals surface area contributed by atoms with Crippen molar-refractivity contribution in [2.24, 2.45) is 5.92 Å². The largest absolute Gasteiger partial charge is 0.502 e. The maximum absolute atomic E-state index is 11.8. The van der Waals surface area contributed by atoms with E-state index in [4.69, 9.17) is 9.47 Å². The highest BCUT2D eigenvalue weighted by molar-refractivity contribution is 8.18. The third-order valence-corrected chi connectivity index (χ3v) is 8.17. The number of thioether (sulfide) groups is 2. The Labute approximate surface area is 157 Å². The lowest BCUT2D eigenvalue weighted by Gasteiger charge is -2.40. The second-order valence-corrected chi connectivity index (χ2v) is 9.12. The Hall–Kier alpha value is -1.21. The van der Waals surface area contributed by atoms with Gasteiger partial charge in [0.25, 0.3) is 0 Å². The van der Waals surface area contributed by atoms with Gasteiger partial charge in [0.1, 0.15) is 0 Å². The zero-order chi connectivity index (χ0) is 18.4. The van der Waals surface area contributed by atoms with Crippen LogP contribution in [-0.2, 0) is 11.2 Å². The molecule has 1 atom stereocenters. The van der Waals surface area contributed by atoms with E-state index in [0.717, 1.165) is 29.9 Å². The van der Waals surface area contributed by atoms with Crippen LogP contribution < -0.4 is 9.47 Å². The lowest BCUT2D eigenvalue weighted by Crippen LogP contribution is -2.39. The predicted octanol–water partition coefficient (Wildman–Crippen LogP) is 4.02. The minimum absolute atomic E-state index is 0.0122. The molecule has 1 aromatic carbocycles. The Bertz CT molecular complexity index is 574. The molecule has 0 aliphatic carbocycles. The first-order valence-corrected chi connectivity index (χ1v) is 10.4. The van der Waals surface area contributed by atoms with Crippen molar-refractivity contribution in [2.45, 2.75) is 36.7 Å². The average Bonchev–Trinajstić information content (AvgIpc) is 2.62. The fraction of sp³-hybridized carbons (Fsp3) is 0.611. The molecule has 1 heterocycles. The van der Waals surface area contributed by atoms with Gasteiger partial charge in [-0.1, -0.05) is 6.92 Å². The molecule has 0 amide bonds. The van der Waals surface area contributed by atoms with Gasteiger partial charge in [0, 0.05) is 0 Å². The topological polar surface area (TPSA) is 76.0 Å². The number of aryl methyl sites for hydroxylation is 1. The third-order valence-electron chi connectivity index (χ3n) is 4.52. The summed E-state index contributed by atoms with van der Waals surface area (Å²) in [6, 6.07) is 3.59. The van der Waals surface area contributed by atoms with Gasteiger partial charge in [-0.3, -0.25) is 4.79 Å². The molecule has 2 rings (SSSR count). The van der Waals surface area contributed by atoms with Crippen LogP contribution in [0.4, 0.5) is 0 Å². The molecule has 1 saturated heterocycles. The van der Waals surface area contributed by atoms with Crippen molar-refractivity contribution in [3.63, 3.8) is 0 Å². The van der Waals surface area contributed by atoms with Crippen molar-refractivity contribution in [3.05, 3.63) is 17.7 Å². The molecule has 1 aliphatic rings. The molecule has 0 spiro atoms. The van der Waals surface area contributed by atoms with Crippen LogP contribution in [0.1, 0.15) is 31.7 Å². The van der Waals surface area contributed by atoms with Crippen LogP contribution in [0, 0.1) is 5.92 Å². The molecule has 7 heteroatoms. The second-order valence-electron chi connectivity index (χ2n) is 6.01. The number of carboxylic acids is 1. The number of carbonyl (C=O) groups is 1. The number of methoxy groups -OCH3 is 2. The number of benzene rings is 1. The number of hydrogen-bond acceptors (Lipinski definition) is 6. The molecule has 140 valence electrons. The van der Waals surface area contributed by atoms with E-state index < -0.39 is 5.97 Å². The fourth-order valence-electron chi connectivity index (χ4n) is 3.19. The Morgan fingerprint density at radius 3 is 2.24 bits per heavy atom. The maximum Gasteiger partial charge on any atom is 0.308 e. The summed E-state index contributed by atoms with van der Waals surface area (Å²) < 4.78 is 10.1. The van der Waals surface area contributed by atoms with Gasteiger partial charge in [0.2, 0.25) is 5.75 Å². The van der Waals surface area contributed by atoms with Gasteiger partial charge in [-0.2, -0.15) is 0 Å². The van der Waals surface area contributed by atoms with Crippen LogP contribution in [-0.4, -0.2) is 46.0 Å². The monoisotopic (exact) mass is 386 g/mol. The van der Waals surface area contributed by atoms with E-state index in [1.54, 1.807) is 35.7 Å². The van der Waals surface area contributed by atoms with Gasteiger partial charge in [-0.25, -0.2) is 0 Å². The lowest BCUT2D eigenvalue weighted by atomic mass is 9.95. The van der Waals surface area contributed by atoms with E-state index in [2.05, 4.69) is 0 Å². The zero-order valence-electron chi connectivity index (χ0n) is 14.9. The summed E-state index contributed by atoms with van der Waals surface area (Å²) in [6.07, 6.45) is 3.20. The highest BCUT2D eigenvalue weighted by atomic mass is 32.2. The van der Waals surface area contributed by atoms with Crippen LogP contribution in [0.5, 0.6) is 17.2 Å². The summed E-state index contributed by atoms with van der Waals surface area (Å²) in [4.78, 5) is 11.8. The van der Waals surface area contributed by atoms with Crippen molar-refractivity contribution in [1.82, 2.24) is 0 Å². The fourth-order valence-corrected chi connectivity index (χ4v) is 6.91. The smallest absolute Gasteiger partial charge is 0.308 e. The quantitative estimate of drug-likeness (QED) is 0.699. The molecule has 0 radical (unpaired) electrons. The maximum atomic E-state index is 11.8. The molecule has 1 aromatic rings. The number of carboxylic acid groups (broad SMARTS) is 1. The summed E-state index contributed by atoms with van der Waals surface area (Å²) in [5.74, 6) is 1.64. The van der Waals surface area contributed by atoms with E-state index in [0.29, 0.717) is 24.3 Å². The molecule has 2 N–H and O–H groups in total. The summed E-state index contributed by atoms with van der Waals surface area (Å²) >= 11 is 3.57. The van der Waals surface area contributed by atoms with Crippen molar-refractivity contribution < 1.29 is 24.5 Å². The highest BCUT2D eigenvalue weighted by Crippen LogP contribution is 2.52. The first-order valence-electron chi connectivity index (χ1n) is 8.42. The van der Waals surface area contributed by atoms with Crippen LogP contribution in [0.25, 0.3) is 0 Å². The molecular formula is C18H26O5S2. The number of rotatable bonds is 8. The molecule has 5 nitrogen and oxygen atoms in total. The molecule has 0 aromatic heterocycles. The first kappa shape index (κ1) is 20.1. The molecule has 25 heavy (non-hydrogen) atoms. The van der Waals surface area contributed by atoms with Crippen LogP contribution in [0.3, 0.4) is 0 Å². The minimum Gasteiger partial charge on any atom is -0.502 e. The summed E-state index contributed by atoms with van der Waals surface area (Å²) in [6.45, 7) is 1.95.